The van der Waals surface area contributed by atoms with E-state index in [1.54, 1.807) is 0 Å². The van der Waals surface area contributed by atoms with Crippen LogP contribution in [0.1, 0.15) is 40.0 Å². The van der Waals surface area contributed by atoms with E-state index in [1.165, 1.54) is 0 Å². The maximum atomic E-state index is 11.6. The molecule has 0 spiro atoms. The average Bonchev–Trinajstić information content (AvgIpc) is 2.28. The van der Waals surface area contributed by atoms with E-state index < -0.39 is 5.54 Å². The molecule has 1 atom stereocenters. The van der Waals surface area contributed by atoms with Gasteiger partial charge in [0.05, 0.1) is 10.6 Å². The normalized spacial score (nSPS) is 31.0. The maximum Gasteiger partial charge on any atom is 0.260 e. The molecule has 4 nitrogen and oxygen atoms in total. The molecular formula is C10H16N2O2. The van der Waals surface area contributed by atoms with Crippen molar-refractivity contribution in [2.24, 2.45) is 5.92 Å². The molecule has 0 aromatic rings. The van der Waals surface area contributed by atoms with Gasteiger partial charge in [0.15, 0.2) is 0 Å². The number of allylic oxidation sites excluding steroid dienone is 1. The molecule has 14 heavy (non-hydrogen) atoms. The molecule has 0 unspecified atom stereocenters. The molecule has 0 amide bonds. The summed E-state index contributed by atoms with van der Waals surface area (Å²) in [5.41, 5.74) is 1.13. The van der Waals surface area contributed by atoms with Crippen LogP contribution in [0.15, 0.2) is 11.3 Å². The summed E-state index contributed by atoms with van der Waals surface area (Å²) < 4.78 is 0. The summed E-state index contributed by atoms with van der Waals surface area (Å²) >= 11 is 0. The molecule has 1 heterocycles. The molecule has 78 valence electrons. The van der Waals surface area contributed by atoms with Crippen molar-refractivity contribution in [3.8, 4) is 0 Å². The predicted molar refractivity (Wildman–Crippen MR) is 53.0 cm³/mol. The minimum Gasteiger partial charge on any atom is -0.700 e. The van der Waals surface area contributed by atoms with Gasteiger partial charge in [0.25, 0.3) is 5.54 Å². The summed E-state index contributed by atoms with van der Waals surface area (Å²) in [5, 5.41) is 12.1. The zero-order chi connectivity index (χ0) is 10.5. The first-order chi connectivity index (χ1) is 6.44. The molecule has 4 heteroatoms. The number of hydrogen-bond acceptors (Lipinski definition) is 2. The summed E-state index contributed by atoms with van der Waals surface area (Å²) in [6, 6.07) is 0. The molecule has 2 aliphatic rings. The Morgan fingerprint density at radius 2 is 2.21 bits per heavy atom. The van der Waals surface area contributed by atoms with Crippen molar-refractivity contribution in [2.45, 2.75) is 45.6 Å². The number of rotatable bonds is 0. The molecule has 0 aromatic carbocycles. The van der Waals surface area contributed by atoms with Crippen LogP contribution in [-0.4, -0.2) is 15.6 Å². The Morgan fingerprint density at radius 3 is 2.86 bits per heavy atom. The minimum atomic E-state index is -0.628. The molecule has 1 aliphatic heterocycles. The van der Waals surface area contributed by atoms with Crippen LogP contribution in [0.2, 0.25) is 0 Å². The largest absolute Gasteiger partial charge is 0.700 e. The molecule has 0 fully saturated rings. The maximum absolute atomic E-state index is 11.6. The summed E-state index contributed by atoms with van der Waals surface area (Å²) in [5.74, 6) is 0.521. The van der Waals surface area contributed by atoms with E-state index in [0.29, 0.717) is 21.7 Å². The molecule has 0 bridgehead atoms. The van der Waals surface area contributed by atoms with Crippen LogP contribution in [0.25, 0.3) is 0 Å². The second-order valence-corrected chi connectivity index (χ2v) is 4.88. The highest BCUT2D eigenvalue weighted by Gasteiger charge is 2.51. The Hall–Kier alpha value is -0.900. The van der Waals surface area contributed by atoms with Crippen molar-refractivity contribution in [1.82, 2.24) is 5.17 Å². The summed E-state index contributed by atoms with van der Waals surface area (Å²) in [7, 11) is 0. The highest BCUT2D eigenvalue weighted by atomic mass is 16.6. The smallest absolute Gasteiger partial charge is 0.260 e. The first-order valence-electron chi connectivity index (χ1n) is 5.11. The standard InChI is InChI=1S/C10H16N2O2/c1-7-4-5-8-9(6-7)11(13)12(14)10(8,2)3/h7H,4-6H2,1-3H3/t7-/m0/s1. The highest BCUT2D eigenvalue weighted by Crippen LogP contribution is 2.43. The summed E-state index contributed by atoms with van der Waals surface area (Å²) in [6.45, 7) is 5.77. The highest BCUT2D eigenvalue weighted by molar-refractivity contribution is 5.26. The van der Waals surface area contributed by atoms with Crippen LogP contribution in [0.5, 0.6) is 0 Å². The first kappa shape index (κ1) is 9.65. The van der Waals surface area contributed by atoms with Crippen LogP contribution < -0.4 is 0 Å². The lowest BCUT2D eigenvalue weighted by Crippen LogP contribution is -2.36. The van der Waals surface area contributed by atoms with Gasteiger partial charge in [-0.2, -0.15) is 5.17 Å². The molecular weight excluding hydrogens is 180 g/mol. The predicted octanol–water partition coefficient (Wildman–Crippen LogP) is 2.35. The lowest BCUT2D eigenvalue weighted by molar-refractivity contribution is -0.720. The number of hydrazine groups is 1. The summed E-state index contributed by atoms with van der Waals surface area (Å²) in [6.07, 6.45) is 2.73. The van der Waals surface area contributed by atoms with Crippen LogP contribution in [0.4, 0.5) is 0 Å². The van der Waals surface area contributed by atoms with Crippen LogP contribution in [-0.2, 0) is 0 Å². The SMILES string of the molecule is C[C@H]1CCC2=C(C1)N([O-])[N+](=O)C2(C)C. The Balaban J connectivity index is 2.41. The Kier molecular flexibility index (Phi) is 1.93. The molecule has 0 aromatic heterocycles. The van der Waals surface area contributed by atoms with Crippen LogP contribution >= 0.6 is 0 Å². The van der Waals surface area contributed by atoms with E-state index in [2.05, 4.69) is 6.92 Å². The van der Waals surface area contributed by atoms with Crippen molar-refractivity contribution in [1.29, 1.82) is 0 Å². The first-order valence-corrected chi connectivity index (χ1v) is 5.11. The van der Waals surface area contributed by atoms with E-state index in [9.17, 15) is 10.1 Å². The number of nitrogens with zero attached hydrogens (tertiary/aromatic N) is 2. The fourth-order valence-corrected chi connectivity index (χ4v) is 2.40. The fraction of sp³-hybridized carbons (Fsp3) is 0.800. The number of hydrogen-bond donors (Lipinski definition) is 0. The zero-order valence-electron chi connectivity index (χ0n) is 8.91. The molecule has 0 saturated heterocycles. The number of nitroso groups, excluding NO2 is 1. The monoisotopic (exact) mass is 196 g/mol. The average molecular weight is 196 g/mol. The van der Waals surface area contributed by atoms with Gasteiger partial charge in [0.1, 0.15) is 4.87 Å². The lowest BCUT2D eigenvalue weighted by atomic mass is 9.81. The van der Waals surface area contributed by atoms with E-state index in [0.717, 1.165) is 24.8 Å². The minimum absolute atomic E-state index is 0.521. The van der Waals surface area contributed by atoms with Gasteiger partial charge in [-0.25, -0.2) is 0 Å². The van der Waals surface area contributed by atoms with Gasteiger partial charge < -0.3 is 5.21 Å². The molecule has 0 N–H and O–H groups in total. The van der Waals surface area contributed by atoms with Crippen molar-refractivity contribution in [3.05, 3.63) is 21.4 Å². The molecule has 2 rings (SSSR count). The van der Waals surface area contributed by atoms with Gasteiger partial charge in [0.2, 0.25) is 0 Å². The van der Waals surface area contributed by atoms with E-state index in [-0.39, 0.29) is 0 Å². The zero-order valence-corrected chi connectivity index (χ0v) is 8.91. The second-order valence-electron chi connectivity index (χ2n) is 4.88. The topological polar surface area (TPSA) is 46.4 Å². The third-order valence-corrected chi connectivity index (χ3v) is 3.39. The van der Waals surface area contributed by atoms with E-state index >= 15 is 0 Å². The van der Waals surface area contributed by atoms with E-state index in [1.807, 2.05) is 13.8 Å². The third kappa shape index (κ3) is 1.10. The van der Waals surface area contributed by atoms with Gasteiger partial charge in [0, 0.05) is 19.4 Å². The van der Waals surface area contributed by atoms with Gasteiger partial charge >= 0.3 is 0 Å². The van der Waals surface area contributed by atoms with Crippen molar-refractivity contribution >= 4 is 0 Å². The van der Waals surface area contributed by atoms with Crippen molar-refractivity contribution in [3.63, 3.8) is 0 Å². The third-order valence-electron chi connectivity index (χ3n) is 3.39. The Labute approximate surface area is 83.7 Å². The van der Waals surface area contributed by atoms with Gasteiger partial charge in [-0.3, -0.25) is 0 Å². The Morgan fingerprint density at radius 1 is 1.57 bits per heavy atom. The molecule has 0 saturated carbocycles. The van der Waals surface area contributed by atoms with E-state index in [4.69, 9.17) is 0 Å². The lowest BCUT2D eigenvalue weighted by Gasteiger charge is -2.23. The van der Waals surface area contributed by atoms with Gasteiger partial charge in [-0.05, 0) is 25.2 Å². The van der Waals surface area contributed by atoms with Crippen LogP contribution in [0, 0.1) is 16.0 Å². The van der Waals surface area contributed by atoms with Crippen molar-refractivity contribution < 1.29 is 4.87 Å². The quantitative estimate of drug-likeness (QED) is 0.559. The summed E-state index contributed by atoms with van der Waals surface area (Å²) in [4.78, 5) is 12.2. The fourth-order valence-electron chi connectivity index (χ4n) is 2.40. The van der Waals surface area contributed by atoms with Gasteiger partial charge in [-0.1, -0.05) is 6.92 Å². The second kappa shape index (κ2) is 2.79. The molecule has 1 aliphatic carbocycles. The van der Waals surface area contributed by atoms with Crippen molar-refractivity contribution in [2.75, 3.05) is 0 Å². The van der Waals surface area contributed by atoms with Gasteiger partial charge in [-0.15, -0.1) is 0 Å². The molecule has 0 radical (unpaired) electrons. The number of hydroxylamine groups is 1. The van der Waals surface area contributed by atoms with Crippen LogP contribution in [0.3, 0.4) is 0 Å². The Bertz CT molecular complexity index is 320.